The Morgan fingerprint density at radius 2 is 1.92 bits per heavy atom. The first-order chi connectivity index (χ1) is 16.8. The summed E-state index contributed by atoms with van der Waals surface area (Å²) in [6, 6.07) is 0. The quantitative estimate of drug-likeness (QED) is 0.223. The number of aliphatic hydroxyl groups is 3. The van der Waals surface area contributed by atoms with Crippen LogP contribution >= 0.6 is 0 Å². The van der Waals surface area contributed by atoms with Gasteiger partial charge in [-0.15, -0.1) is 10.1 Å². The zero-order chi connectivity index (χ0) is 26.9. The summed E-state index contributed by atoms with van der Waals surface area (Å²) in [5.74, 6) is -0.840. The van der Waals surface area contributed by atoms with Crippen LogP contribution in [0.1, 0.15) is 71.6 Å². The number of carboxylic acids is 1. The van der Waals surface area contributed by atoms with Crippen LogP contribution in [0.2, 0.25) is 0 Å². The number of ketones is 2. The number of carbonyl (C=O) groups is 3. The Balaban J connectivity index is 0.000000308. The fourth-order valence-electron chi connectivity index (χ4n) is 7.64. The third kappa shape index (κ3) is 4.92. The predicted octanol–water partition coefficient (Wildman–Crippen LogP) is 1.84. The fourth-order valence-corrected chi connectivity index (χ4v) is 7.64. The Morgan fingerprint density at radius 1 is 1.22 bits per heavy atom. The lowest BCUT2D eigenvalue weighted by Gasteiger charge is -2.60. The van der Waals surface area contributed by atoms with E-state index in [1.54, 1.807) is 6.08 Å². The van der Waals surface area contributed by atoms with Crippen LogP contribution in [0.5, 0.6) is 0 Å². The van der Waals surface area contributed by atoms with E-state index >= 15 is 0 Å². The van der Waals surface area contributed by atoms with E-state index in [2.05, 4.69) is 11.8 Å². The van der Waals surface area contributed by atoms with E-state index in [0.717, 1.165) is 25.7 Å². The van der Waals surface area contributed by atoms with Crippen LogP contribution in [0.15, 0.2) is 11.6 Å². The van der Waals surface area contributed by atoms with E-state index in [-0.39, 0.29) is 48.4 Å². The molecule has 202 valence electrons. The summed E-state index contributed by atoms with van der Waals surface area (Å²) in [4.78, 5) is 47.4. The third-order valence-corrected chi connectivity index (χ3v) is 9.38. The van der Waals surface area contributed by atoms with Crippen molar-refractivity contribution in [2.24, 2.45) is 28.6 Å². The summed E-state index contributed by atoms with van der Waals surface area (Å²) in [5.41, 5.74) is -1.23. The molecule has 11 heteroatoms. The van der Waals surface area contributed by atoms with Gasteiger partial charge in [0.15, 0.2) is 11.6 Å². The van der Waals surface area contributed by atoms with Crippen molar-refractivity contribution in [2.45, 2.75) is 83.3 Å². The molecule has 3 fully saturated rings. The molecule has 0 aromatic heterocycles. The van der Waals surface area contributed by atoms with Crippen LogP contribution in [0, 0.1) is 38.7 Å². The van der Waals surface area contributed by atoms with Crippen LogP contribution in [0.4, 0.5) is 0 Å². The topological polar surface area (TPSA) is 184 Å². The van der Waals surface area contributed by atoms with Gasteiger partial charge >= 0.3 is 5.97 Å². The maximum atomic E-state index is 12.4. The molecule has 4 rings (SSSR count). The van der Waals surface area contributed by atoms with Crippen molar-refractivity contribution in [1.82, 2.24) is 0 Å². The van der Waals surface area contributed by atoms with Crippen LogP contribution in [0.25, 0.3) is 0 Å². The van der Waals surface area contributed by atoms with E-state index in [1.807, 2.05) is 6.92 Å². The molecule has 0 unspecified atom stereocenters. The third-order valence-electron chi connectivity index (χ3n) is 9.38. The first-order valence-corrected chi connectivity index (χ1v) is 12.6. The van der Waals surface area contributed by atoms with Gasteiger partial charge in [0.25, 0.3) is 5.09 Å². The van der Waals surface area contributed by atoms with E-state index in [9.17, 15) is 39.8 Å². The fraction of sp³-hybridized carbons (Fsp3) is 0.800. The molecule has 0 spiro atoms. The number of hydrogen-bond donors (Lipinski definition) is 4. The number of aliphatic hydroxyl groups excluding tert-OH is 2. The monoisotopic (exact) mass is 511 g/mol. The average molecular weight is 512 g/mol. The first-order valence-electron chi connectivity index (χ1n) is 12.6. The molecule has 4 aliphatic rings. The van der Waals surface area contributed by atoms with Crippen LogP contribution in [0.3, 0.4) is 0 Å². The molecule has 0 aromatic rings. The van der Waals surface area contributed by atoms with Crippen molar-refractivity contribution in [3.8, 4) is 0 Å². The Kier molecular flexibility index (Phi) is 8.26. The molecular formula is C25H37NO10. The number of hydrogen-bond acceptors (Lipinski definition) is 9. The largest absolute Gasteiger partial charge is 0.481 e. The zero-order valence-corrected chi connectivity index (χ0v) is 20.9. The van der Waals surface area contributed by atoms with Crippen LogP contribution in [-0.4, -0.2) is 68.0 Å². The number of rotatable bonds is 7. The van der Waals surface area contributed by atoms with E-state index in [0.29, 0.717) is 19.3 Å². The Morgan fingerprint density at radius 3 is 2.53 bits per heavy atom. The van der Waals surface area contributed by atoms with Crippen LogP contribution < -0.4 is 0 Å². The Bertz CT molecular complexity index is 918. The lowest BCUT2D eigenvalue weighted by molar-refractivity contribution is -0.757. The van der Waals surface area contributed by atoms with Gasteiger partial charge in [0.05, 0.1) is 12.7 Å². The molecule has 3 saturated carbocycles. The smallest absolute Gasteiger partial charge is 0.303 e. The molecule has 4 aliphatic carbocycles. The molecule has 0 aromatic carbocycles. The second-order valence-electron chi connectivity index (χ2n) is 11.1. The van der Waals surface area contributed by atoms with Crippen molar-refractivity contribution in [1.29, 1.82) is 0 Å². The highest BCUT2D eigenvalue weighted by molar-refractivity contribution is 5.91. The lowest BCUT2D eigenvalue weighted by Crippen LogP contribution is -2.62. The SMILES string of the molecule is C[C@]12CCC(=O)C=C1CC[C@@H]1[C@@H]2[C@@H](O)C[C@@]2(C)[C@H]1CC[C@]2(O)C(=O)CO.O=C(O)CCCO[N+](=O)[O-]. The van der Waals surface area contributed by atoms with Crippen molar-refractivity contribution >= 4 is 17.5 Å². The van der Waals surface area contributed by atoms with Gasteiger partial charge < -0.3 is 25.3 Å². The van der Waals surface area contributed by atoms with Gasteiger partial charge in [-0.2, -0.15) is 0 Å². The van der Waals surface area contributed by atoms with Gasteiger partial charge in [0.1, 0.15) is 12.2 Å². The van der Waals surface area contributed by atoms with Gasteiger partial charge in [0.2, 0.25) is 0 Å². The Labute approximate surface area is 209 Å². The van der Waals surface area contributed by atoms with Gasteiger partial charge in [-0.05, 0) is 74.2 Å². The van der Waals surface area contributed by atoms with Gasteiger partial charge in [0, 0.05) is 18.3 Å². The van der Waals surface area contributed by atoms with Gasteiger partial charge in [-0.1, -0.05) is 19.4 Å². The molecule has 4 N–H and O–H groups in total. The molecular weight excluding hydrogens is 474 g/mol. The lowest BCUT2D eigenvalue weighted by atomic mass is 9.45. The van der Waals surface area contributed by atoms with Crippen molar-refractivity contribution in [3.63, 3.8) is 0 Å². The minimum atomic E-state index is -1.54. The number of Topliss-reactive ketones (excluding diaryl/α,β-unsaturated/α-hetero) is 1. The molecule has 0 aliphatic heterocycles. The van der Waals surface area contributed by atoms with Crippen molar-refractivity contribution in [2.75, 3.05) is 13.2 Å². The van der Waals surface area contributed by atoms with Gasteiger partial charge in [-0.25, -0.2) is 0 Å². The molecule has 0 heterocycles. The molecule has 0 amide bonds. The number of fused-ring (bicyclic) bond motifs is 5. The van der Waals surface area contributed by atoms with E-state index in [1.165, 1.54) is 5.57 Å². The second kappa shape index (κ2) is 10.5. The highest BCUT2D eigenvalue weighted by Crippen LogP contribution is 2.67. The normalized spacial score (nSPS) is 38.9. The number of nitrogens with zero attached hydrogens (tertiary/aromatic N) is 1. The summed E-state index contributed by atoms with van der Waals surface area (Å²) >= 11 is 0. The summed E-state index contributed by atoms with van der Waals surface area (Å²) < 4.78 is 0. The van der Waals surface area contributed by atoms with Gasteiger partial charge in [-0.3, -0.25) is 14.4 Å². The molecule has 0 bridgehead atoms. The minimum Gasteiger partial charge on any atom is -0.481 e. The second-order valence-corrected chi connectivity index (χ2v) is 11.1. The summed E-state index contributed by atoms with van der Waals surface area (Å²) in [6.45, 7) is 3.30. The number of carbonyl (C=O) groups excluding carboxylic acids is 2. The average Bonchev–Trinajstić information content (AvgIpc) is 3.07. The van der Waals surface area contributed by atoms with E-state index < -0.39 is 40.6 Å². The maximum absolute atomic E-state index is 12.4. The molecule has 0 saturated heterocycles. The number of carboxylic acid groups (broad SMARTS) is 1. The predicted molar refractivity (Wildman–Crippen MR) is 125 cm³/mol. The Hall–Kier alpha value is -2.37. The molecule has 11 nitrogen and oxygen atoms in total. The highest BCUT2D eigenvalue weighted by atomic mass is 16.9. The molecule has 36 heavy (non-hydrogen) atoms. The standard InChI is InChI=1S/C21H30O5.C4H7NO5/c1-19-7-5-13(23)9-12(19)3-4-14-15-6-8-21(26,17(25)11-22)20(15,2)10-16(24)18(14)19;6-4(7)2-1-3-10-5(8)9/h9,14-16,18,22,24,26H,3-8,10-11H2,1-2H3;1-3H2,(H,6,7)/t14-,15-,16-,18+,19-,20-,21-;/m0./s1. The first kappa shape index (κ1) is 28.2. The highest BCUT2D eigenvalue weighted by Gasteiger charge is 2.68. The summed E-state index contributed by atoms with van der Waals surface area (Å²) in [5, 5.41) is 48.3. The van der Waals surface area contributed by atoms with Crippen molar-refractivity contribution in [3.05, 3.63) is 21.8 Å². The van der Waals surface area contributed by atoms with Crippen LogP contribution in [-0.2, 0) is 19.2 Å². The zero-order valence-electron chi connectivity index (χ0n) is 20.9. The van der Waals surface area contributed by atoms with E-state index in [4.69, 9.17) is 5.11 Å². The maximum Gasteiger partial charge on any atom is 0.303 e. The minimum absolute atomic E-state index is 0.0697. The number of allylic oxidation sites excluding steroid dienone is 1. The summed E-state index contributed by atoms with van der Waals surface area (Å²) in [7, 11) is 0. The molecule has 7 atom stereocenters. The number of aliphatic carboxylic acids is 1. The molecule has 0 radical (unpaired) electrons. The summed E-state index contributed by atoms with van der Waals surface area (Å²) in [6.07, 6.45) is 5.79. The van der Waals surface area contributed by atoms with Crippen molar-refractivity contribution < 1.29 is 44.7 Å².